The van der Waals surface area contributed by atoms with Crippen molar-refractivity contribution >= 4 is 0 Å². The molecule has 1 spiro atoms. The van der Waals surface area contributed by atoms with E-state index in [0.717, 1.165) is 44.0 Å². The average molecular weight is 342 g/mol. The Morgan fingerprint density at radius 1 is 1.20 bits per heavy atom. The lowest BCUT2D eigenvalue weighted by Gasteiger charge is -2.38. The van der Waals surface area contributed by atoms with Gasteiger partial charge in [-0.1, -0.05) is 0 Å². The van der Waals surface area contributed by atoms with Crippen molar-refractivity contribution in [1.82, 2.24) is 9.88 Å². The summed E-state index contributed by atoms with van der Waals surface area (Å²) < 4.78 is 17.4. The van der Waals surface area contributed by atoms with Crippen LogP contribution in [-0.4, -0.2) is 42.3 Å². The third kappa shape index (κ3) is 4.29. The molecule has 2 aliphatic rings. The largest absolute Gasteiger partial charge is 0.468 e. The molecule has 1 atom stereocenters. The molecule has 5 nitrogen and oxygen atoms in total. The monoisotopic (exact) mass is 342 g/mol. The standard InChI is InChI=1S/C20H26N2O3/c1-2-18(24-11-1)13-22-9-5-20(6-10-22)12-19(25-16-20)15-23-14-17-3-7-21-8-4-17/h1-4,7-8,11,19H,5-6,9-10,12-16H2/t19-/m0/s1. The first-order chi connectivity index (χ1) is 12.3. The second-order valence-electron chi connectivity index (χ2n) is 7.36. The van der Waals surface area contributed by atoms with E-state index in [1.807, 2.05) is 18.2 Å². The van der Waals surface area contributed by atoms with Gasteiger partial charge in [0.1, 0.15) is 5.76 Å². The smallest absolute Gasteiger partial charge is 0.117 e. The number of hydrogen-bond donors (Lipinski definition) is 0. The summed E-state index contributed by atoms with van der Waals surface area (Å²) in [6.45, 7) is 5.35. The number of nitrogens with zero attached hydrogens (tertiary/aromatic N) is 2. The maximum absolute atomic E-state index is 6.05. The van der Waals surface area contributed by atoms with Crippen molar-refractivity contribution in [2.75, 3.05) is 26.3 Å². The van der Waals surface area contributed by atoms with Crippen molar-refractivity contribution in [3.05, 3.63) is 54.2 Å². The molecule has 0 unspecified atom stereocenters. The second kappa shape index (κ2) is 7.68. The number of hydrogen-bond acceptors (Lipinski definition) is 5. The van der Waals surface area contributed by atoms with Crippen LogP contribution in [0.3, 0.4) is 0 Å². The Morgan fingerprint density at radius 2 is 2.04 bits per heavy atom. The maximum atomic E-state index is 6.05. The molecule has 0 bridgehead atoms. The number of likely N-dealkylation sites (tertiary alicyclic amines) is 1. The molecule has 2 aromatic rings. The quantitative estimate of drug-likeness (QED) is 0.806. The van der Waals surface area contributed by atoms with Crippen molar-refractivity contribution in [3.8, 4) is 0 Å². The van der Waals surface area contributed by atoms with Crippen molar-refractivity contribution in [2.24, 2.45) is 5.41 Å². The molecule has 0 radical (unpaired) electrons. The SMILES string of the molecule is c1coc(CN2CCC3(CC2)CO[C@H](COCc2ccncc2)C3)c1. The Labute approximate surface area is 148 Å². The van der Waals surface area contributed by atoms with Crippen molar-refractivity contribution < 1.29 is 13.9 Å². The highest BCUT2D eigenvalue weighted by Gasteiger charge is 2.42. The normalized spacial score (nSPS) is 23.3. The fraction of sp³-hybridized carbons (Fsp3) is 0.550. The minimum absolute atomic E-state index is 0.235. The van der Waals surface area contributed by atoms with E-state index >= 15 is 0 Å². The molecule has 2 fully saturated rings. The lowest BCUT2D eigenvalue weighted by atomic mass is 9.76. The highest BCUT2D eigenvalue weighted by Crippen LogP contribution is 2.42. The van der Waals surface area contributed by atoms with Crippen LogP contribution in [0.4, 0.5) is 0 Å². The van der Waals surface area contributed by atoms with E-state index in [-0.39, 0.29) is 6.10 Å². The number of piperidine rings is 1. The third-order valence-corrected chi connectivity index (χ3v) is 5.48. The van der Waals surface area contributed by atoms with Gasteiger partial charge in [0, 0.05) is 12.4 Å². The maximum Gasteiger partial charge on any atom is 0.117 e. The topological polar surface area (TPSA) is 47.7 Å². The highest BCUT2D eigenvalue weighted by molar-refractivity contribution is 5.08. The average Bonchev–Trinajstić information content (AvgIpc) is 3.29. The summed E-state index contributed by atoms with van der Waals surface area (Å²) in [5.41, 5.74) is 1.51. The number of aromatic nitrogens is 1. The van der Waals surface area contributed by atoms with Crippen molar-refractivity contribution in [3.63, 3.8) is 0 Å². The Bertz CT molecular complexity index is 636. The molecule has 5 heteroatoms. The second-order valence-corrected chi connectivity index (χ2v) is 7.36. The fourth-order valence-electron chi connectivity index (χ4n) is 3.95. The van der Waals surface area contributed by atoms with Crippen LogP contribution in [0.5, 0.6) is 0 Å². The molecule has 2 aliphatic heterocycles. The van der Waals surface area contributed by atoms with E-state index in [2.05, 4.69) is 16.0 Å². The van der Waals surface area contributed by atoms with Crippen molar-refractivity contribution in [2.45, 2.75) is 38.5 Å². The Morgan fingerprint density at radius 3 is 2.80 bits per heavy atom. The zero-order valence-electron chi connectivity index (χ0n) is 14.6. The summed E-state index contributed by atoms with van der Waals surface area (Å²) in [5, 5.41) is 0. The molecule has 4 heterocycles. The first-order valence-electron chi connectivity index (χ1n) is 9.14. The number of furan rings is 1. The molecular formula is C20H26N2O3. The fourth-order valence-corrected chi connectivity index (χ4v) is 3.95. The molecule has 0 amide bonds. The van der Waals surface area contributed by atoms with Crippen LogP contribution in [0.2, 0.25) is 0 Å². The molecular weight excluding hydrogens is 316 g/mol. The minimum atomic E-state index is 0.235. The van der Waals surface area contributed by atoms with E-state index in [1.54, 1.807) is 18.7 Å². The van der Waals surface area contributed by atoms with Gasteiger partial charge in [-0.25, -0.2) is 0 Å². The van der Waals surface area contributed by atoms with Gasteiger partial charge in [0.25, 0.3) is 0 Å². The first-order valence-corrected chi connectivity index (χ1v) is 9.14. The van der Waals surface area contributed by atoms with Crippen LogP contribution in [0, 0.1) is 5.41 Å². The van der Waals surface area contributed by atoms with Crippen LogP contribution in [0.1, 0.15) is 30.6 Å². The van der Waals surface area contributed by atoms with E-state index in [0.29, 0.717) is 18.6 Å². The predicted molar refractivity (Wildman–Crippen MR) is 93.9 cm³/mol. The Kier molecular flexibility index (Phi) is 5.15. The molecule has 0 aliphatic carbocycles. The van der Waals surface area contributed by atoms with E-state index in [4.69, 9.17) is 13.9 Å². The molecule has 2 saturated heterocycles. The van der Waals surface area contributed by atoms with Crippen LogP contribution < -0.4 is 0 Å². The molecule has 4 rings (SSSR count). The van der Waals surface area contributed by atoms with Gasteiger partial charge in [-0.15, -0.1) is 0 Å². The molecule has 25 heavy (non-hydrogen) atoms. The van der Waals surface area contributed by atoms with Gasteiger partial charge < -0.3 is 13.9 Å². The van der Waals surface area contributed by atoms with Crippen LogP contribution in [0.25, 0.3) is 0 Å². The van der Waals surface area contributed by atoms with Gasteiger partial charge in [-0.3, -0.25) is 9.88 Å². The van der Waals surface area contributed by atoms with Crippen LogP contribution in [-0.2, 0) is 22.6 Å². The third-order valence-electron chi connectivity index (χ3n) is 5.48. The molecule has 2 aromatic heterocycles. The van der Waals surface area contributed by atoms with Crippen LogP contribution in [0.15, 0.2) is 47.3 Å². The molecule has 0 aromatic carbocycles. The Hall–Kier alpha value is -1.69. The van der Waals surface area contributed by atoms with Gasteiger partial charge >= 0.3 is 0 Å². The van der Waals surface area contributed by atoms with E-state index in [9.17, 15) is 0 Å². The van der Waals surface area contributed by atoms with Crippen molar-refractivity contribution in [1.29, 1.82) is 0 Å². The van der Waals surface area contributed by atoms with Gasteiger partial charge in [-0.2, -0.15) is 0 Å². The number of pyridine rings is 1. The van der Waals surface area contributed by atoms with E-state index in [1.165, 1.54) is 12.8 Å². The summed E-state index contributed by atoms with van der Waals surface area (Å²) >= 11 is 0. The molecule has 134 valence electrons. The predicted octanol–water partition coefficient (Wildman–Crippen LogP) is 3.26. The molecule has 0 N–H and O–H groups in total. The van der Waals surface area contributed by atoms with E-state index < -0.39 is 0 Å². The van der Waals surface area contributed by atoms with Gasteiger partial charge in [0.15, 0.2) is 0 Å². The lowest BCUT2D eigenvalue weighted by Crippen LogP contribution is -2.40. The zero-order chi connectivity index (χ0) is 17.0. The minimum Gasteiger partial charge on any atom is -0.468 e. The van der Waals surface area contributed by atoms with Crippen LogP contribution >= 0.6 is 0 Å². The lowest BCUT2D eigenvalue weighted by molar-refractivity contribution is 0.00623. The Balaban J connectivity index is 1.20. The van der Waals surface area contributed by atoms with Gasteiger partial charge in [0.2, 0.25) is 0 Å². The summed E-state index contributed by atoms with van der Waals surface area (Å²) in [6.07, 6.45) is 9.12. The first kappa shape index (κ1) is 16.8. The summed E-state index contributed by atoms with van der Waals surface area (Å²) in [6, 6.07) is 8.00. The van der Waals surface area contributed by atoms with Gasteiger partial charge in [0.05, 0.1) is 38.7 Å². The highest BCUT2D eigenvalue weighted by atomic mass is 16.5. The summed E-state index contributed by atoms with van der Waals surface area (Å²) in [5.74, 6) is 1.06. The summed E-state index contributed by atoms with van der Waals surface area (Å²) in [4.78, 5) is 6.51. The number of ether oxygens (including phenoxy) is 2. The number of rotatable bonds is 6. The summed E-state index contributed by atoms with van der Waals surface area (Å²) in [7, 11) is 0. The van der Waals surface area contributed by atoms with Gasteiger partial charge in [-0.05, 0) is 67.6 Å². The zero-order valence-corrected chi connectivity index (χ0v) is 14.6. The molecule has 0 saturated carbocycles.